The van der Waals surface area contributed by atoms with Gasteiger partial charge in [0.2, 0.25) is 5.91 Å². The SMILES string of the molecule is O=C(Nc1ccc(OC2CCN(C(=O)c3ccc(C(F)(F)F)cc3)CC2)cc1)C1CN(c2ccnnc2)C1. The number of carbonyl (C=O) groups is 2. The Labute approximate surface area is 217 Å². The van der Waals surface area contributed by atoms with Crippen LogP contribution in [0.3, 0.4) is 0 Å². The van der Waals surface area contributed by atoms with E-state index < -0.39 is 11.7 Å². The Bertz CT molecular complexity index is 1260. The molecule has 2 aliphatic rings. The zero-order valence-corrected chi connectivity index (χ0v) is 20.4. The molecule has 2 amide bonds. The zero-order chi connectivity index (χ0) is 26.7. The lowest BCUT2D eigenvalue weighted by Gasteiger charge is -2.39. The van der Waals surface area contributed by atoms with Gasteiger partial charge in [-0.1, -0.05) is 0 Å². The summed E-state index contributed by atoms with van der Waals surface area (Å²) in [7, 11) is 0. The summed E-state index contributed by atoms with van der Waals surface area (Å²) >= 11 is 0. The number of anilines is 2. The fourth-order valence-electron chi connectivity index (χ4n) is 4.54. The van der Waals surface area contributed by atoms with E-state index in [1.54, 1.807) is 41.6 Å². The summed E-state index contributed by atoms with van der Waals surface area (Å²) in [6.45, 7) is 2.15. The average Bonchev–Trinajstić information content (AvgIpc) is 2.89. The van der Waals surface area contributed by atoms with Crippen LogP contribution in [-0.4, -0.2) is 59.2 Å². The van der Waals surface area contributed by atoms with Crippen LogP contribution in [-0.2, 0) is 11.0 Å². The van der Waals surface area contributed by atoms with Crippen molar-refractivity contribution in [3.8, 4) is 5.75 Å². The van der Waals surface area contributed by atoms with E-state index in [4.69, 9.17) is 4.74 Å². The highest BCUT2D eigenvalue weighted by Gasteiger charge is 2.33. The smallest absolute Gasteiger partial charge is 0.416 e. The fraction of sp³-hybridized carbons (Fsp3) is 0.333. The minimum Gasteiger partial charge on any atom is -0.490 e. The lowest BCUT2D eigenvalue weighted by atomic mass is 9.98. The third kappa shape index (κ3) is 5.87. The number of hydrogen-bond acceptors (Lipinski definition) is 6. The Morgan fingerprint density at radius 2 is 1.61 bits per heavy atom. The molecule has 3 heterocycles. The Balaban J connectivity index is 1.06. The number of amides is 2. The highest BCUT2D eigenvalue weighted by molar-refractivity contribution is 5.95. The molecule has 0 bridgehead atoms. The van der Waals surface area contributed by atoms with Gasteiger partial charge in [0.15, 0.2) is 0 Å². The van der Waals surface area contributed by atoms with E-state index in [0.29, 0.717) is 50.5 Å². The molecule has 1 N–H and O–H groups in total. The first-order chi connectivity index (χ1) is 18.3. The normalized spacial score (nSPS) is 16.6. The summed E-state index contributed by atoms with van der Waals surface area (Å²) in [6, 6.07) is 13.3. The number of carbonyl (C=O) groups excluding carboxylic acids is 2. The van der Waals surface area contributed by atoms with Crippen molar-refractivity contribution in [1.82, 2.24) is 15.1 Å². The third-order valence-electron chi connectivity index (χ3n) is 6.80. The Morgan fingerprint density at radius 3 is 2.21 bits per heavy atom. The van der Waals surface area contributed by atoms with Gasteiger partial charge in [0, 0.05) is 50.3 Å². The molecule has 0 saturated carbocycles. The van der Waals surface area contributed by atoms with E-state index >= 15 is 0 Å². The molecular formula is C27H26F3N5O3. The number of hydrogen-bond donors (Lipinski definition) is 1. The van der Waals surface area contributed by atoms with E-state index in [9.17, 15) is 22.8 Å². The second kappa shape index (κ2) is 10.7. The van der Waals surface area contributed by atoms with Crippen molar-refractivity contribution < 1.29 is 27.5 Å². The van der Waals surface area contributed by atoms with E-state index in [2.05, 4.69) is 20.4 Å². The van der Waals surface area contributed by atoms with Crippen LogP contribution in [0.1, 0.15) is 28.8 Å². The van der Waals surface area contributed by atoms with Crippen LogP contribution in [0.2, 0.25) is 0 Å². The van der Waals surface area contributed by atoms with Gasteiger partial charge in [-0.15, -0.1) is 0 Å². The Morgan fingerprint density at radius 1 is 0.921 bits per heavy atom. The van der Waals surface area contributed by atoms with Crippen molar-refractivity contribution >= 4 is 23.2 Å². The van der Waals surface area contributed by atoms with Crippen LogP contribution in [0.4, 0.5) is 24.5 Å². The van der Waals surface area contributed by atoms with Gasteiger partial charge in [0.05, 0.1) is 29.6 Å². The van der Waals surface area contributed by atoms with Gasteiger partial charge in [-0.3, -0.25) is 9.59 Å². The predicted octanol–water partition coefficient (Wildman–Crippen LogP) is 4.25. The minimum atomic E-state index is -4.43. The molecule has 1 aromatic heterocycles. The molecule has 3 aromatic rings. The number of piperidine rings is 1. The van der Waals surface area contributed by atoms with Gasteiger partial charge in [0.25, 0.3) is 5.91 Å². The van der Waals surface area contributed by atoms with Crippen LogP contribution in [0.15, 0.2) is 67.0 Å². The maximum absolute atomic E-state index is 12.8. The predicted molar refractivity (Wildman–Crippen MR) is 134 cm³/mol. The third-order valence-corrected chi connectivity index (χ3v) is 6.80. The highest BCUT2D eigenvalue weighted by Crippen LogP contribution is 2.30. The molecule has 0 unspecified atom stereocenters. The van der Waals surface area contributed by atoms with Crippen LogP contribution in [0.5, 0.6) is 5.75 Å². The first-order valence-corrected chi connectivity index (χ1v) is 12.3. The topological polar surface area (TPSA) is 87.7 Å². The first kappa shape index (κ1) is 25.5. The molecule has 2 fully saturated rings. The number of nitrogens with zero attached hydrogens (tertiary/aromatic N) is 4. The largest absolute Gasteiger partial charge is 0.490 e. The summed E-state index contributed by atoms with van der Waals surface area (Å²) in [4.78, 5) is 28.9. The summed E-state index contributed by atoms with van der Waals surface area (Å²) in [6.07, 6.45) is -0.00694. The molecule has 2 saturated heterocycles. The van der Waals surface area contributed by atoms with Crippen molar-refractivity contribution in [3.63, 3.8) is 0 Å². The van der Waals surface area contributed by atoms with Crippen LogP contribution in [0.25, 0.3) is 0 Å². The van der Waals surface area contributed by atoms with Crippen molar-refractivity contribution in [2.45, 2.75) is 25.1 Å². The summed E-state index contributed by atoms with van der Waals surface area (Å²) in [5.41, 5.74) is 1.09. The number of rotatable bonds is 6. The zero-order valence-electron chi connectivity index (χ0n) is 20.4. The lowest BCUT2D eigenvalue weighted by molar-refractivity contribution is -0.137. The Kier molecular flexibility index (Phi) is 7.17. The van der Waals surface area contributed by atoms with Crippen molar-refractivity contribution in [1.29, 1.82) is 0 Å². The number of likely N-dealkylation sites (tertiary alicyclic amines) is 1. The van der Waals surface area contributed by atoms with Crippen molar-refractivity contribution in [2.75, 3.05) is 36.4 Å². The van der Waals surface area contributed by atoms with Gasteiger partial charge < -0.3 is 19.9 Å². The highest BCUT2D eigenvalue weighted by atomic mass is 19.4. The number of benzene rings is 2. The van der Waals surface area contributed by atoms with Gasteiger partial charge in [0.1, 0.15) is 11.9 Å². The van der Waals surface area contributed by atoms with Crippen molar-refractivity contribution in [3.05, 3.63) is 78.1 Å². The monoisotopic (exact) mass is 525 g/mol. The lowest BCUT2D eigenvalue weighted by Crippen LogP contribution is -2.52. The quantitative estimate of drug-likeness (QED) is 0.518. The standard InChI is InChI=1S/C27H26F3N5O3/c28-27(29,30)20-3-1-18(2-4-20)26(37)34-13-10-24(11-14-34)38-23-7-5-21(6-8-23)33-25(36)19-16-35(17-19)22-9-12-31-32-15-22/h1-9,12,15,19,24H,10-11,13-14,16-17H2,(H,33,36). The summed E-state index contributed by atoms with van der Waals surface area (Å²) in [5.74, 6) is 0.233. The molecule has 0 atom stereocenters. The number of nitrogens with one attached hydrogen (secondary N) is 1. The molecule has 0 spiro atoms. The van der Waals surface area contributed by atoms with E-state index in [-0.39, 0.29) is 29.4 Å². The van der Waals surface area contributed by atoms with Crippen LogP contribution < -0.4 is 15.0 Å². The number of aromatic nitrogens is 2. The summed E-state index contributed by atoms with van der Waals surface area (Å²) in [5, 5.41) is 10.6. The van der Waals surface area contributed by atoms with Gasteiger partial charge in [-0.05, 0) is 54.6 Å². The Hall–Kier alpha value is -4.15. The summed E-state index contributed by atoms with van der Waals surface area (Å²) < 4.78 is 44.3. The average molecular weight is 526 g/mol. The molecule has 8 nitrogen and oxygen atoms in total. The molecule has 38 heavy (non-hydrogen) atoms. The van der Waals surface area contributed by atoms with Gasteiger partial charge in [-0.25, -0.2) is 0 Å². The van der Waals surface area contributed by atoms with Crippen LogP contribution >= 0.6 is 0 Å². The van der Waals surface area contributed by atoms with E-state index in [1.165, 1.54) is 12.1 Å². The molecule has 198 valence electrons. The van der Waals surface area contributed by atoms with Crippen LogP contribution in [0, 0.1) is 5.92 Å². The molecule has 11 heteroatoms. The molecule has 2 aromatic carbocycles. The first-order valence-electron chi connectivity index (χ1n) is 12.3. The molecule has 0 aliphatic carbocycles. The number of alkyl halides is 3. The second-order valence-corrected chi connectivity index (χ2v) is 9.40. The molecular weight excluding hydrogens is 499 g/mol. The molecule has 5 rings (SSSR count). The fourth-order valence-corrected chi connectivity index (χ4v) is 4.54. The van der Waals surface area contributed by atoms with E-state index in [0.717, 1.165) is 17.8 Å². The second-order valence-electron chi connectivity index (χ2n) is 9.40. The molecule has 2 aliphatic heterocycles. The number of halogens is 3. The number of ether oxygens (including phenoxy) is 1. The van der Waals surface area contributed by atoms with Gasteiger partial charge in [-0.2, -0.15) is 23.4 Å². The minimum absolute atomic E-state index is 0.0398. The van der Waals surface area contributed by atoms with Gasteiger partial charge >= 0.3 is 6.18 Å². The van der Waals surface area contributed by atoms with Crippen molar-refractivity contribution in [2.24, 2.45) is 5.92 Å². The van der Waals surface area contributed by atoms with E-state index in [1.807, 2.05) is 6.07 Å². The molecule has 0 radical (unpaired) electrons. The maximum atomic E-state index is 12.8. The maximum Gasteiger partial charge on any atom is 0.416 e.